The summed E-state index contributed by atoms with van der Waals surface area (Å²) in [7, 11) is 0. The molecule has 35 heavy (non-hydrogen) atoms. The molecule has 5 fully saturated rings. The Hall–Kier alpha value is -0.770. The minimum Gasteiger partial charge on any atom is -0.479 e. The lowest BCUT2D eigenvalue weighted by Gasteiger charge is -2.63. The lowest BCUT2D eigenvalue weighted by Crippen LogP contribution is -2.61. The Bertz CT molecular complexity index is 832. The summed E-state index contributed by atoms with van der Waals surface area (Å²) in [4.78, 5) is 11.4. The van der Waals surface area contributed by atoms with Crippen molar-refractivity contribution in [3.63, 3.8) is 0 Å². The first-order valence-corrected chi connectivity index (χ1v) is 13.6. The van der Waals surface area contributed by atoms with E-state index in [2.05, 4.69) is 20.8 Å². The van der Waals surface area contributed by atoms with Crippen LogP contribution in [0.3, 0.4) is 0 Å². The maximum Gasteiger partial charge on any atom is 0.335 e. The molecule has 5 aliphatic rings. The zero-order valence-corrected chi connectivity index (χ0v) is 21.5. The molecule has 1 saturated heterocycles. The molecule has 8 heteroatoms. The molecule has 8 nitrogen and oxygen atoms in total. The first-order chi connectivity index (χ1) is 16.3. The van der Waals surface area contributed by atoms with E-state index in [9.17, 15) is 30.3 Å². The molecule has 0 radical (unpaired) electrons. The topological polar surface area (TPSA) is 137 Å². The van der Waals surface area contributed by atoms with E-state index in [1.54, 1.807) is 0 Å². The first-order valence-electron chi connectivity index (χ1n) is 13.6. The number of aliphatic hydroxyl groups is 4. The van der Waals surface area contributed by atoms with Crippen LogP contribution < -0.4 is 0 Å². The van der Waals surface area contributed by atoms with Crippen molar-refractivity contribution < 1.29 is 39.8 Å². The molecule has 4 saturated carbocycles. The zero-order valence-electron chi connectivity index (χ0n) is 21.5. The van der Waals surface area contributed by atoms with Crippen LogP contribution >= 0.6 is 0 Å². The fourth-order valence-electron chi connectivity index (χ4n) is 9.32. The van der Waals surface area contributed by atoms with Crippen LogP contribution in [0.25, 0.3) is 0 Å². The minimum absolute atomic E-state index is 0.00746. The lowest BCUT2D eigenvalue weighted by atomic mass is 9.42. The molecule has 0 unspecified atom stereocenters. The van der Waals surface area contributed by atoms with Crippen molar-refractivity contribution in [1.82, 2.24) is 0 Å². The molecule has 5 rings (SSSR count). The van der Waals surface area contributed by atoms with Crippen LogP contribution in [0.2, 0.25) is 0 Å². The molecule has 200 valence electrons. The largest absolute Gasteiger partial charge is 0.479 e. The second-order valence-electron chi connectivity index (χ2n) is 13.2. The van der Waals surface area contributed by atoms with Crippen LogP contribution in [0.15, 0.2) is 0 Å². The fourth-order valence-corrected chi connectivity index (χ4v) is 9.32. The van der Waals surface area contributed by atoms with Crippen molar-refractivity contribution in [1.29, 1.82) is 0 Å². The van der Waals surface area contributed by atoms with Crippen LogP contribution in [0.5, 0.6) is 0 Å². The van der Waals surface area contributed by atoms with E-state index in [4.69, 9.17) is 9.47 Å². The van der Waals surface area contributed by atoms with Crippen LogP contribution in [0.4, 0.5) is 0 Å². The summed E-state index contributed by atoms with van der Waals surface area (Å²) in [5.41, 5.74) is -0.400. The molecule has 1 aliphatic heterocycles. The van der Waals surface area contributed by atoms with Crippen molar-refractivity contribution in [2.45, 2.75) is 121 Å². The van der Waals surface area contributed by atoms with Gasteiger partial charge in [0.05, 0.1) is 11.7 Å². The van der Waals surface area contributed by atoms with Crippen molar-refractivity contribution in [2.24, 2.45) is 40.4 Å². The second-order valence-corrected chi connectivity index (χ2v) is 13.2. The fraction of sp³-hybridized carbons (Fsp3) is 0.963. The quantitative estimate of drug-likeness (QED) is 0.376. The number of ether oxygens (including phenoxy) is 2. The normalized spacial score (nSPS) is 58.2. The van der Waals surface area contributed by atoms with Gasteiger partial charge in [0.2, 0.25) is 0 Å². The van der Waals surface area contributed by atoms with Crippen LogP contribution in [0, 0.1) is 40.4 Å². The van der Waals surface area contributed by atoms with Crippen molar-refractivity contribution in [3.05, 3.63) is 0 Å². The summed E-state index contributed by atoms with van der Waals surface area (Å²) < 4.78 is 11.5. The Morgan fingerprint density at radius 3 is 2.29 bits per heavy atom. The standard InChI is InChI=1S/C27H44O8/c1-13-11-14-12-15(34-24-21(30)19(28)20(29)22(35-24)23(31)32)5-8-25(14,2)16-6-9-26(3)17(18(13)16)7-10-27(26,4)33/h13-22,24,28-30,33H,5-12H2,1-4H3,(H,31,32)/t13-,14-,15-,16+,17+,18-,19+,20+,21-,22+,24-,25+,26+,27+/m1/s1. The Morgan fingerprint density at radius 2 is 1.60 bits per heavy atom. The summed E-state index contributed by atoms with van der Waals surface area (Å²) in [5, 5.41) is 51.0. The monoisotopic (exact) mass is 496 g/mol. The van der Waals surface area contributed by atoms with Crippen molar-refractivity contribution in [2.75, 3.05) is 0 Å². The van der Waals surface area contributed by atoms with Crippen LogP contribution in [-0.4, -0.2) is 73.9 Å². The van der Waals surface area contributed by atoms with E-state index in [1.807, 2.05) is 6.92 Å². The van der Waals surface area contributed by atoms with E-state index >= 15 is 0 Å². The van der Waals surface area contributed by atoms with Gasteiger partial charge in [0.15, 0.2) is 12.4 Å². The molecule has 0 aromatic carbocycles. The van der Waals surface area contributed by atoms with Gasteiger partial charge in [0.25, 0.3) is 0 Å². The van der Waals surface area contributed by atoms with Gasteiger partial charge in [-0.3, -0.25) is 0 Å². The highest BCUT2D eigenvalue weighted by Crippen LogP contribution is 2.69. The van der Waals surface area contributed by atoms with Gasteiger partial charge >= 0.3 is 5.97 Å². The van der Waals surface area contributed by atoms with Crippen molar-refractivity contribution in [3.8, 4) is 0 Å². The van der Waals surface area contributed by atoms with E-state index < -0.39 is 42.3 Å². The molecule has 1 heterocycles. The van der Waals surface area contributed by atoms with Gasteiger partial charge in [-0.1, -0.05) is 20.8 Å². The number of carbonyl (C=O) groups is 1. The average molecular weight is 497 g/mol. The molecule has 0 aromatic heterocycles. The number of carboxylic acids is 1. The maximum absolute atomic E-state index is 11.4. The number of rotatable bonds is 3. The highest BCUT2D eigenvalue weighted by atomic mass is 16.7. The van der Waals surface area contributed by atoms with Gasteiger partial charge in [-0.25, -0.2) is 4.79 Å². The summed E-state index contributed by atoms with van der Waals surface area (Å²) >= 11 is 0. The number of hydrogen-bond acceptors (Lipinski definition) is 7. The maximum atomic E-state index is 11.4. The summed E-state index contributed by atoms with van der Waals surface area (Å²) in [6, 6.07) is 0. The van der Waals surface area contributed by atoms with Gasteiger partial charge in [0, 0.05) is 0 Å². The zero-order chi connectivity index (χ0) is 25.5. The van der Waals surface area contributed by atoms with Gasteiger partial charge in [0.1, 0.15) is 18.3 Å². The summed E-state index contributed by atoms with van der Waals surface area (Å²) in [6.45, 7) is 9.18. The van der Waals surface area contributed by atoms with Gasteiger partial charge < -0.3 is 35.0 Å². The molecule has 0 spiro atoms. The second kappa shape index (κ2) is 8.63. The van der Waals surface area contributed by atoms with E-state index in [0.29, 0.717) is 29.6 Å². The highest BCUT2D eigenvalue weighted by molar-refractivity contribution is 5.73. The molecule has 0 bridgehead atoms. The smallest absolute Gasteiger partial charge is 0.335 e. The third-order valence-electron chi connectivity index (χ3n) is 11.7. The molecule has 0 aromatic rings. The molecule has 5 N–H and O–H groups in total. The number of hydrogen-bond donors (Lipinski definition) is 5. The third-order valence-corrected chi connectivity index (χ3v) is 11.7. The average Bonchev–Trinajstić information content (AvgIpc) is 3.04. The summed E-state index contributed by atoms with van der Waals surface area (Å²) in [5.74, 6) is 1.42. The Kier molecular flexibility index (Phi) is 6.38. The number of carboxylic acid groups (broad SMARTS) is 1. The molecule has 0 amide bonds. The SMILES string of the molecule is C[C@@H]1C[C@@H]2C[C@H](O[C@@H]3O[C@H](C(=O)O)[C@@H](O)[C@H](O)[C@H]3O)CC[C@]2(C)[C@H]2CC[C@@]3(C)[C@@H](CC[C@]3(C)O)[C@H]12. The first kappa shape index (κ1) is 25.9. The predicted molar refractivity (Wildman–Crippen MR) is 126 cm³/mol. The Balaban J connectivity index is 1.30. The summed E-state index contributed by atoms with van der Waals surface area (Å²) in [6.07, 6.45) is -0.0719. The lowest BCUT2D eigenvalue weighted by molar-refractivity contribution is -0.310. The Morgan fingerprint density at radius 1 is 0.914 bits per heavy atom. The number of aliphatic carboxylic acids is 1. The van der Waals surface area contributed by atoms with Gasteiger partial charge in [-0.05, 0) is 98.7 Å². The molecule has 14 atom stereocenters. The molecular formula is C27H44O8. The van der Waals surface area contributed by atoms with E-state index in [0.717, 1.165) is 51.4 Å². The molecular weight excluding hydrogens is 452 g/mol. The predicted octanol–water partition coefficient (Wildman–Crippen LogP) is 2.30. The van der Waals surface area contributed by atoms with Gasteiger partial charge in [-0.2, -0.15) is 0 Å². The number of aliphatic hydroxyl groups excluding tert-OH is 3. The number of fused-ring (bicyclic) bond motifs is 5. The van der Waals surface area contributed by atoms with E-state index in [1.165, 1.54) is 0 Å². The Labute approximate surface area is 208 Å². The third kappa shape index (κ3) is 3.81. The van der Waals surface area contributed by atoms with E-state index in [-0.39, 0.29) is 16.9 Å². The highest BCUT2D eigenvalue weighted by Gasteiger charge is 2.64. The molecule has 4 aliphatic carbocycles. The van der Waals surface area contributed by atoms with Gasteiger partial charge in [-0.15, -0.1) is 0 Å². The van der Waals surface area contributed by atoms with Crippen molar-refractivity contribution >= 4 is 5.97 Å². The van der Waals surface area contributed by atoms with Crippen LogP contribution in [0.1, 0.15) is 79.1 Å². The van der Waals surface area contributed by atoms with Crippen LogP contribution in [-0.2, 0) is 14.3 Å². The minimum atomic E-state index is -1.71.